The van der Waals surface area contributed by atoms with Gasteiger partial charge in [-0.25, -0.2) is 0 Å². The minimum absolute atomic E-state index is 0.129. The van der Waals surface area contributed by atoms with Crippen LogP contribution in [0.2, 0.25) is 0 Å². The molecule has 1 rings (SSSR count). The average Bonchev–Trinajstić information content (AvgIpc) is 2.35. The Morgan fingerprint density at radius 1 is 1.10 bits per heavy atom. The summed E-state index contributed by atoms with van der Waals surface area (Å²) in [6, 6.07) is 7.13. The molecule has 0 atom stereocenters. The number of hydrogen-bond acceptors (Lipinski definition) is 2. The van der Waals surface area contributed by atoms with Gasteiger partial charge in [0, 0.05) is 6.04 Å². The summed E-state index contributed by atoms with van der Waals surface area (Å²) < 4.78 is 6.05. The molecule has 0 fully saturated rings. The van der Waals surface area contributed by atoms with Gasteiger partial charge in [0.1, 0.15) is 5.75 Å². The van der Waals surface area contributed by atoms with E-state index in [1.54, 1.807) is 0 Å². The van der Waals surface area contributed by atoms with Gasteiger partial charge in [-0.2, -0.15) is 0 Å². The minimum Gasteiger partial charge on any atom is -0.493 e. The highest BCUT2D eigenvalue weighted by atomic mass is 16.5. The molecule has 0 saturated heterocycles. The Bertz CT molecular complexity index is 418. The quantitative estimate of drug-likeness (QED) is 0.692. The molecule has 21 heavy (non-hydrogen) atoms. The molecule has 120 valence electrons. The fourth-order valence-electron chi connectivity index (χ4n) is 2.35. The van der Waals surface area contributed by atoms with Gasteiger partial charge in [-0.1, -0.05) is 46.8 Å². The predicted molar refractivity (Wildman–Crippen MR) is 92.4 cm³/mol. The fraction of sp³-hybridized carbons (Fsp3) is 0.684. The summed E-state index contributed by atoms with van der Waals surface area (Å²) in [5.74, 6) is 1.06. The number of hydrogen-bond donors (Lipinski definition) is 1. The Balaban J connectivity index is 2.40. The first kappa shape index (κ1) is 18.0. The normalized spacial score (nSPS) is 12.0. The molecule has 0 aliphatic rings. The van der Waals surface area contributed by atoms with Crippen LogP contribution in [0.15, 0.2) is 18.2 Å². The molecule has 0 amide bonds. The molecule has 1 N–H and O–H groups in total. The van der Waals surface area contributed by atoms with Crippen molar-refractivity contribution in [2.45, 2.75) is 72.3 Å². The van der Waals surface area contributed by atoms with Gasteiger partial charge >= 0.3 is 0 Å². The average molecular weight is 291 g/mol. The van der Waals surface area contributed by atoms with Crippen LogP contribution in [0, 0.1) is 6.92 Å². The first-order valence-corrected chi connectivity index (χ1v) is 8.28. The molecule has 1 aromatic rings. The van der Waals surface area contributed by atoms with Crippen LogP contribution in [0.4, 0.5) is 0 Å². The van der Waals surface area contributed by atoms with Crippen molar-refractivity contribution >= 4 is 0 Å². The molecule has 2 nitrogen and oxygen atoms in total. The van der Waals surface area contributed by atoms with Crippen LogP contribution in [0.25, 0.3) is 0 Å². The first-order chi connectivity index (χ1) is 9.80. The number of rotatable bonds is 8. The number of aryl methyl sites for hydroxylation is 1. The highest BCUT2D eigenvalue weighted by Gasteiger charge is 2.18. The van der Waals surface area contributed by atoms with Gasteiger partial charge < -0.3 is 10.1 Å². The second-order valence-electron chi connectivity index (χ2n) is 7.27. The molecule has 0 unspecified atom stereocenters. The van der Waals surface area contributed by atoms with Crippen molar-refractivity contribution < 1.29 is 4.74 Å². The predicted octanol–water partition coefficient (Wildman–Crippen LogP) is 4.84. The first-order valence-electron chi connectivity index (χ1n) is 8.28. The second kappa shape index (κ2) is 8.43. The molecule has 0 aliphatic carbocycles. The van der Waals surface area contributed by atoms with E-state index in [0.29, 0.717) is 6.04 Å². The molecule has 0 aliphatic heterocycles. The molecule has 0 spiro atoms. The molecule has 0 bridgehead atoms. The standard InChI is InChI=1S/C19H33NO/c1-15(2)20-12-8-7-9-13-21-18-14-16(3)10-11-17(18)19(4,5)6/h10-11,14-15,20H,7-9,12-13H2,1-6H3. The highest BCUT2D eigenvalue weighted by molar-refractivity contribution is 5.41. The van der Waals surface area contributed by atoms with Crippen LogP contribution < -0.4 is 10.1 Å². The summed E-state index contributed by atoms with van der Waals surface area (Å²) >= 11 is 0. The Morgan fingerprint density at radius 3 is 2.43 bits per heavy atom. The van der Waals surface area contributed by atoms with E-state index in [9.17, 15) is 0 Å². The molecule has 0 heterocycles. The van der Waals surface area contributed by atoms with Gasteiger partial charge in [0.15, 0.2) is 0 Å². The van der Waals surface area contributed by atoms with Gasteiger partial charge in [-0.05, 0) is 55.3 Å². The van der Waals surface area contributed by atoms with Gasteiger partial charge in [0.2, 0.25) is 0 Å². The Morgan fingerprint density at radius 2 is 1.81 bits per heavy atom. The van der Waals surface area contributed by atoms with E-state index >= 15 is 0 Å². The SMILES string of the molecule is Cc1ccc(C(C)(C)C)c(OCCCCCNC(C)C)c1. The lowest BCUT2D eigenvalue weighted by atomic mass is 9.86. The summed E-state index contributed by atoms with van der Waals surface area (Å²) in [7, 11) is 0. The van der Waals surface area contributed by atoms with Crippen LogP contribution >= 0.6 is 0 Å². The van der Waals surface area contributed by atoms with Crippen molar-refractivity contribution in [2.24, 2.45) is 0 Å². The van der Waals surface area contributed by atoms with Gasteiger partial charge in [-0.15, -0.1) is 0 Å². The van der Waals surface area contributed by atoms with Crippen molar-refractivity contribution in [3.63, 3.8) is 0 Å². The fourth-order valence-corrected chi connectivity index (χ4v) is 2.35. The number of ether oxygens (including phenoxy) is 1. The Kier molecular flexibility index (Phi) is 7.24. The molecule has 0 saturated carbocycles. The molecule has 1 aromatic carbocycles. The van der Waals surface area contributed by atoms with E-state index in [1.807, 2.05) is 0 Å². The van der Waals surface area contributed by atoms with Crippen LogP contribution in [0.5, 0.6) is 5.75 Å². The van der Waals surface area contributed by atoms with E-state index in [1.165, 1.54) is 24.0 Å². The maximum Gasteiger partial charge on any atom is 0.123 e. The monoisotopic (exact) mass is 291 g/mol. The third-order valence-corrected chi connectivity index (χ3v) is 3.58. The minimum atomic E-state index is 0.129. The Hall–Kier alpha value is -1.02. The van der Waals surface area contributed by atoms with E-state index in [-0.39, 0.29) is 5.41 Å². The number of benzene rings is 1. The van der Waals surface area contributed by atoms with Crippen molar-refractivity contribution in [3.8, 4) is 5.75 Å². The highest BCUT2D eigenvalue weighted by Crippen LogP contribution is 2.32. The van der Waals surface area contributed by atoms with Crippen molar-refractivity contribution in [1.82, 2.24) is 5.32 Å². The summed E-state index contributed by atoms with van der Waals surface area (Å²) in [6.07, 6.45) is 3.56. The molecule has 2 heteroatoms. The number of unbranched alkanes of at least 4 members (excludes halogenated alkanes) is 2. The lowest BCUT2D eigenvalue weighted by molar-refractivity contribution is 0.296. The maximum atomic E-state index is 6.05. The number of nitrogens with one attached hydrogen (secondary N) is 1. The Labute approximate surface area is 131 Å². The third kappa shape index (κ3) is 6.99. The molecule has 0 radical (unpaired) electrons. The van der Waals surface area contributed by atoms with Crippen molar-refractivity contribution in [3.05, 3.63) is 29.3 Å². The smallest absolute Gasteiger partial charge is 0.123 e. The molecular formula is C19H33NO. The summed E-state index contributed by atoms with van der Waals surface area (Å²) in [5.41, 5.74) is 2.69. The van der Waals surface area contributed by atoms with E-state index in [2.05, 4.69) is 65.1 Å². The topological polar surface area (TPSA) is 21.3 Å². The van der Waals surface area contributed by atoms with E-state index in [4.69, 9.17) is 4.74 Å². The van der Waals surface area contributed by atoms with Crippen molar-refractivity contribution in [2.75, 3.05) is 13.2 Å². The zero-order valence-electron chi connectivity index (χ0n) is 14.8. The summed E-state index contributed by atoms with van der Waals surface area (Å²) in [6.45, 7) is 15.1. The van der Waals surface area contributed by atoms with Crippen LogP contribution in [-0.4, -0.2) is 19.2 Å². The third-order valence-electron chi connectivity index (χ3n) is 3.58. The van der Waals surface area contributed by atoms with Gasteiger partial charge in [0.25, 0.3) is 0 Å². The van der Waals surface area contributed by atoms with Crippen LogP contribution in [0.3, 0.4) is 0 Å². The zero-order chi connectivity index (χ0) is 15.9. The van der Waals surface area contributed by atoms with E-state index in [0.717, 1.165) is 25.3 Å². The van der Waals surface area contributed by atoms with Gasteiger partial charge in [-0.3, -0.25) is 0 Å². The maximum absolute atomic E-state index is 6.05. The second-order valence-corrected chi connectivity index (χ2v) is 7.27. The lowest BCUT2D eigenvalue weighted by Gasteiger charge is -2.23. The van der Waals surface area contributed by atoms with Crippen LogP contribution in [-0.2, 0) is 5.41 Å². The lowest BCUT2D eigenvalue weighted by Crippen LogP contribution is -2.23. The largest absolute Gasteiger partial charge is 0.493 e. The molecular weight excluding hydrogens is 258 g/mol. The van der Waals surface area contributed by atoms with Gasteiger partial charge in [0.05, 0.1) is 6.61 Å². The summed E-state index contributed by atoms with van der Waals surface area (Å²) in [5, 5.41) is 3.45. The summed E-state index contributed by atoms with van der Waals surface area (Å²) in [4.78, 5) is 0. The zero-order valence-corrected chi connectivity index (χ0v) is 14.8. The molecule has 0 aromatic heterocycles. The van der Waals surface area contributed by atoms with E-state index < -0.39 is 0 Å². The van der Waals surface area contributed by atoms with Crippen LogP contribution in [0.1, 0.15) is 65.0 Å². The van der Waals surface area contributed by atoms with Crippen molar-refractivity contribution in [1.29, 1.82) is 0 Å².